The minimum Gasteiger partial charge on any atom is -0.370 e. The van der Waals surface area contributed by atoms with Crippen molar-refractivity contribution in [3.8, 4) is 0 Å². The monoisotopic (exact) mass is 226 g/mol. The molecule has 80 valence electrons. The Morgan fingerprint density at radius 2 is 1.93 bits per heavy atom. The Morgan fingerprint density at radius 1 is 1.27 bits per heavy atom. The molecule has 0 saturated carbocycles. The lowest BCUT2D eigenvalue weighted by atomic mass is 10.0. The summed E-state index contributed by atoms with van der Waals surface area (Å²) in [5, 5.41) is 0.296. The van der Waals surface area contributed by atoms with Gasteiger partial charge < -0.3 is 11.5 Å². The van der Waals surface area contributed by atoms with Crippen LogP contribution in [0.25, 0.3) is 0 Å². The van der Waals surface area contributed by atoms with Crippen molar-refractivity contribution < 1.29 is 9.59 Å². The molecule has 5 heteroatoms. The van der Waals surface area contributed by atoms with Crippen LogP contribution in [-0.4, -0.2) is 11.8 Å². The molecule has 0 atom stereocenters. The number of benzene rings is 1. The quantitative estimate of drug-likeness (QED) is 0.798. The molecule has 2 amide bonds. The zero-order chi connectivity index (χ0) is 11.4. The highest BCUT2D eigenvalue weighted by molar-refractivity contribution is 6.34. The average molecular weight is 227 g/mol. The van der Waals surface area contributed by atoms with E-state index >= 15 is 0 Å². The van der Waals surface area contributed by atoms with Crippen LogP contribution in [0.4, 0.5) is 0 Å². The molecule has 0 aromatic heterocycles. The first kappa shape index (κ1) is 11.5. The second kappa shape index (κ2) is 4.79. The largest absolute Gasteiger partial charge is 0.370 e. The Labute approximate surface area is 92.2 Å². The summed E-state index contributed by atoms with van der Waals surface area (Å²) >= 11 is 5.82. The number of amides is 2. The normalized spacial score (nSPS) is 9.93. The fraction of sp³-hybridized carbons (Fsp3) is 0.200. The molecule has 1 aromatic carbocycles. The summed E-state index contributed by atoms with van der Waals surface area (Å²) < 4.78 is 0. The predicted molar refractivity (Wildman–Crippen MR) is 57.5 cm³/mol. The van der Waals surface area contributed by atoms with Gasteiger partial charge in [-0.25, -0.2) is 0 Å². The predicted octanol–water partition coefficient (Wildman–Crippen LogP) is 0.857. The van der Waals surface area contributed by atoms with E-state index in [-0.39, 0.29) is 12.0 Å². The van der Waals surface area contributed by atoms with Crippen molar-refractivity contribution in [2.24, 2.45) is 11.5 Å². The summed E-state index contributed by atoms with van der Waals surface area (Å²) in [6, 6.07) is 4.98. The van der Waals surface area contributed by atoms with E-state index < -0.39 is 11.8 Å². The summed E-state index contributed by atoms with van der Waals surface area (Å²) in [5.74, 6) is -1.02. The van der Waals surface area contributed by atoms with Crippen molar-refractivity contribution in [1.82, 2.24) is 0 Å². The van der Waals surface area contributed by atoms with Crippen molar-refractivity contribution in [1.29, 1.82) is 0 Å². The fourth-order valence-electron chi connectivity index (χ4n) is 1.31. The lowest BCUT2D eigenvalue weighted by molar-refractivity contribution is -0.117. The number of primary amides is 2. The first-order chi connectivity index (χ1) is 7.02. The van der Waals surface area contributed by atoms with E-state index in [0.717, 1.165) is 0 Å². The average Bonchev–Trinajstić information content (AvgIpc) is 2.13. The van der Waals surface area contributed by atoms with Crippen LogP contribution in [-0.2, 0) is 11.2 Å². The SMILES string of the molecule is NC(=O)CCc1cccc(Cl)c1C(N)=O. The minimum atomic E-state index is -0.597. The van der Waals surface area contributed by atoms with Gasteiger partial charge in [-0.3, -0.25) is 9.59 Å². The van der Waals surface area contributed by atoms with Crippen molar-refractivity contribution in [2.45, 2.75) is 12.8 Å². The topological polar surface area (TPSA) is 86.2 Å². The maximum atomic E-state index is 11.1. The Hall–Kier alpha value is -1.55. The molecule has 15 heavy (non-hydrogen) atoms. The van der Waals surface area contributed by atoms with Gasteiger partial charge in [-0.1, -0.05) is 23.7 Å². The van der Waals surface area contributed by atoms with Gasteiger partial charge in [-0.05, 0) is 18.1 Å². The van der Waals surface area contributed by atoms with Gasteiger partial charge in [-0.15, -0.1) is 0 Å². The third kappa shape index (κ3) is 2.95. The van der Waals surface area contributed by atoms with Gasteiger partial charge in [0.15, 0.2) is 0 Å². The van der Waals surface area contributed by atoms with Crippen molar-refractivity contribution in [3.63, 3.8) is 0 Å². The molecule has 0 saturated heterocycles. The maximum absolute atomic E-state index is 11.1. The molecule has 0 aliphatic carbocycles. The fourth-order valence-corrected chi connectivity index (χ4v) is 1.60. The third-order valence-electron chi connectivity index (χ3n) is 1.99. The van der Waals surface area contributed by atoms with Crippen molar-refractivity contribution >= 4 is 23.4 Å². The van der Waals surface area contributed by atoms with Gasteiger partial charge in [0, 0.05) is 6.42 Å². The smallest absolute Gasteiger partial charge is 0.250 e. The van der Waals surface area contributed by atoms with Gasteiger partial charge in [0.25, 0.3) is 0 Å². The molecule has 0 radical (unpaired) electrons. The van der Waals surface area contributed by atoms with E-state index in [4.69, 9.17) is 23.1 Å². The highest BCUT2D eigenvalue weighted by Crippen LogP contribution is 2.20. The molecular formula is C10H11ClN2O2. The molecule has 0 heterocycles. The second-order valence-electron chi connectivity index (χ2n) is 3.10. The maximum Gasteiger partial charge on any atom is 0.250 e. The van der Waals surface area contributed by atoms with Crippen LogP contribution in [0, 0.1) is 0 Å². The Kier molecular flexibility index (Phi) is 3.68. The molecule has 4 nitrogen and oxygen atoms in total. The number of hydrogen-bond donors (Lipinski definition) is 2. The van der Waals surface area contributed by atoms with Crippen LogP contribution in [0.5, 0.6) is 0 Å². The van der Waals surface area contributed by atoms with Crippen LogP contribution in [0.3, 0.4) is 0 Å². The van der Waals surface area contributed by atoms with E-state index in [1.165, 1.54) is 0 Å². The number of rotatable bonds is 4. The first-order valence-corrected chi connectivity index (χ1v) is 4.75. The number of hydrogen-bond acceptors (Lipinski definition) is 2. The highest BCUT2D eigenvalue weighted by Gasteiger charge is 2.12. The molecule has 0 fully saturated rings. The summed E-state index contributed by atoms with van der Waals surface area (Å²) in [6.07, 6.45) is 0.536. The Morgan fingerprint density at radius 3 is 2.47 bits per heavy atom. The molecular weight excluding hydrogens is 216 g/mol. The zero-order valence-corrected chi connectivity index (χ0v) is 8.75. The van der Waals surface area contributed by atoms with Crippen molar-refractivity contribution in [3.05, 3.63) is 34.3 Å². The molecule has 0 bridgehead atoms. The van der Waals surface area contributed by atoms with E-state index in [0.29, 0.717) is 17.0 Å². The van der Waals surface area contributed by atoms with Gasteiger partial charge in [-0.2, -0.15) is 0 Å². The van der Waals surface area contributed by atoms with E-state index in [1.54, 1.807) is 18.2 Å². The Bertz CT molecular complexity index is 404. The zero-order valence-electron chi connectivity index (χ0n) is 8.00. The van der Waals surface area contributed by atoms with Gasteiger partial charge in [0.05, 0.1) is 10.6 Å². The third-order valence-corrected chi connectivity index (χ3v) is 2.30. The first-order valence-electron chi connectivity index (χ1n) is 4.38. The summed E-state index contributed by atoms with van der Waals surface area (Å²) in [6.45, 7) is 0. The number of nitrogens with two attached hydrogens (primary N) is 2. The van der Waals surface area contributed by atoms with Crippen LogP contribution in [0.2, 0.25) is 5.02 Å². The lowest BCUT2D eigenvalue weighted by Gasteiger charge is -2.06. The molecule has 1 rings (SSSR count). The highest BCUT2D eigenvalue weighted by atomic mass is 35.5. The van der Waals surface area contributed by atoms with E-state index in [1.807, 2.05) is 0 Å². The Balaban J connectivity index is 3.01. The van der Waals surface area contributed by atoms with Crippen LogP contribution in [0.15, 0.2) is 18.2 Å². The van der Waals surface area contributed by atoms with Gasteiger partial charge >= 0.3 is 0 Å². The lowest BCUT2D eigenvalue weighted by Crippen LogP contribution is -2.16. The van der Waals surface area contributed by atoms with E-state index in [2.05, 4.69) is 0 Å². The van der Waals surface area contributed by atoms with Crippen LogP contribution >= 0.6 is 11.6 Å². The van der Waals surface area contributed by atoms with Gasteiger partial charge in [0.2, 0.25) is 11.8 Å². The second-order valence-corrected chi connectivity index (χ2v) is 3.51. The van der Waals surface area contributed by atoms with Crippen LogP contribution < -0.4 is 11.5 Å². The van der Waals surface area contributed by atoms with Crippen molar-refractivity contribution in [2.75, 3.05) is 0 Å². The number of halogens is 1. The van der Waals surface area contributed by atoms with Gasteiger partial charge in [0.1, 0.15) is 0 Å². The number of aryl methyl sites for hydroxylation is 1. The molecule has 0 unspecified atom stereocenters. The molecule has 1 aromatic rings. The van der Waals surface area contributed by atoms with E-state index in [9.17, 15) is 9.59 Å². The molecule has 4 N–H and O–H groups in total. The van der Waals surface area contributed by atoms with Crippen LogP contribution in [0.1, 0.15) is 22.3 Å². The summed E-state index contributed by atoms with van der Waals surface area (Å²) in [4.78, 5) is 21.7. The number of carbonyl (C=O) groups excluding carboxylic acids is 2. The molecule has 0 aliphatic rings. The summed E-state index contributed by atoms with van der Waals surface area (Å²) in [7, 11) is 0. The molecule has 0 aliphatic heterocycles. The minimum absolute atomic E-state index is 0.167. The number of carbonyl (C=O) groups is 2. The summed E-state index contributed by atoms with van der Waals surface area (Å²) in [5.41, 5.74) is 11.1. The standard InChI is InChI=1S/C10H11ClN2O2/c11-7-3-1-2-6(4-5-8(12)14)9(7)10(13)15/h1-3H,4-5H2,(H2,12,14)(H2,13,15). The molecule has 0 spiro atoms.